The SMILES string of the molecule is O=C(O)N1CCN[C@H](CCn2ccnc2-c2ccccc2)C1. The molecule has 0 bridgehead atoms. The van der Waals surface area contributed by atoms with Crippen molar-refractivity contribution in [2.45, 2.75) is 19.0 Å². The van der Waals surface area contributed by atoms with Gasteiger partial charge in [-0.3, -0.25) is 0 Å². The second-order valence-electron chi connectivity index (χ2n) is 5.48. The highest BCUT2D eigenvalue weighted by Crippen LogP contribution is 2.17. The van der Waals surface area contributed by atoms with Crippen LogP contribution in [-0.4, -0.2) is 51.3 Å². The summed E-state index contributed by atoms with van der Waals surface area (Å²) in [4.78, 5) is 17.0. The first-order chi connectivity index (χ1) is 10.7. The highest BCUT2D eigenvalue weighted by molar-refractivity contribution is 5.65. The van der Waals surface area contributed by atoms with E-state index in [1.165, 1.54) is 4.90 Å². The zero-order valence-electron chi connectivity index (χ0n) is 12.4. The van der Waals surface area contributed by atoms with Crippen molar-refractivity contribution in [3.05, 3.63) is 42.7 Å². The van der Waals surface area contributed by atoms with E-state index in [9.17, 15) is 4.79 Å². The van der Waals surface area contributed by atoms with Crippen LogP contribution in [0.1, 0.15) is 6.42 Å². The van der Waals surface area contributed by atoms with Crippen LogP contribution in [0, 0.1) is 0 Å². The van der Waals surface area contributed by atoms with Crippen LogP contribution in [0.5, 0.6) is 0 Å². The fourth-order valence-electron chi connectivity index (χ4n) is 2.82. The van der Waals surface area contributed by atoms with Crippen molar-refractivity contribution < 1.29 is 9.90 Å². The van der Waals surface area contributed by atoms with Gasteiger partial charge in [-0.05, 0) is 6.42 Å². The fraction of sp³-hybridized carbons (Fsp3) is 0.375. The Kier molecular flexibility index (Phi) is 4.39. The highest BCUT2D eigenvalue weighted by Gasteiger charge is 2.22. The van der Waals surface area contributed by atoms with Crippen LogP contribution in [0.4, 0.5) is 4.79 Å². The Morgan fingerprint density at radius 3 is 2.95 bits per heavy atom. The largest absolute Gasteiger partial charge is 0.465 e. The second kappa shape index (κ2) is 6.62. The lowest BCUT2D eigenvalue weighted by Crippen LogP contribution is -2.52. The van der Waals surface area contributed by atoms with Gasteiger partial charge in [0.05, 0.1) is 0 Å². The van der Waals surface area contributed by atoms with Gasteiger partial charge in [0.2, 0.25) is 0 Å². The maximum atomic E-state index is 11.1. The summed E-state index contributed by atoms with van der Waals surface area (Å²) in [5.41, 5.74) is 1.09. The molecule has 1 atom stereocenters. The van der Waals surface area contributed by atoms with Crippen LogP contribution in [0.25, 0.3) is 11.4 Å². The second-order valence-corrected chi connectivity index (χ2v) is 5.48. The summed E-state index contributed by atoms with van der Waals surface area (Å²) < 4.78 is 2.12. The minimum absolute atomic E-state index is 0.191. The molecule has 0 unspecified atom stereocenters. The van der Waals surface area contributed by atoms with Crippen LogP contribution in [0.15, 0.2) is 42.7 Å². The molecule has 1 aromatic heterocycles. The third-order valence-electron chi connectivity index (χ3n) is 3.99. The van der Waals surface area contributed by atoms with Gasteiger partial charge in [-0.15, -0.1) is 0 Å². The van der Waals surface area contributed by atoms with Gasteiger partial charge in [0.25, 0.3) is 0 Å². The number of piperazine rings is 1. The predicted octanol–water partition coefficient (Wildman–Crippen LogP) is 1.89. The van der Waals surface area contributed by atoms with Gasteiger partial charge < -0.3 is 19.9 Å². The maximum absolute atomic E-state index is 11.1. The van der Waals surface area contributed by atoms with E-state index in [4.69, 9.17) is 5.11 Å². The van der Waals surface area contributed by atoms with Crippen molar-refractivity contribution in [1.82, 2.24) is 19.8 Å². The highest BCUT2D eigenvalue weighted by atomic mass is 16.4. The molecule has 6 nitrogen and oxygen atoms in total. The van der Waals surface area contributed by atoms with Crippen LogP contribution < -0.4 is 5.32 Å². The van der Waals surface area contributed by atoms with E-state index in [1.807, 2.05) is 36.5 Å². The smallest absolute Gasteiger partial charge is 0.407 e. The summed E-state index contributed by atoms with van der Waals surface area (Å²) in [5, 5.41) is 12.5. The Morgan fingerprint density at radius 2 is 2.18 bits per heavy atom. The number of imidazole rings is 1. The number of hydrogen-bond donors (Lipinski definition) is 2. The summed E-state index contributed by atoms with van der Waals surface area (Å²) in [5.74, 6) is 0.950. The van der Waals surface area contributed by atoms with Gasteiger partial charge >= 0.3 is 6.09 Å². The molecular formula is C16H20N4O2. The molecule has 3 rings (SSSR count). The normalized spacial score (nSPS) is 18.4. The molecule has 0 spiro atoms. The Labute approximate surface area is 129 Å². The van der Waals surface area contributed by atoms with Crippen LogP contribution in [0.3, 0.4) is 0 Å². The first-order valence-electron chi connectivity index (χ1n) is 7.52. The fourth-order valence-corrected chi connectivity index (χ4v) is 2.82. The van der Waals surface area contributed by atoms with Gasteiger partial charge in [-0.2, -0.15) is 0 Å². The van der Waals surface area contributed by atoms with Crippen molar-refractivity contribution in [3.63, 3.8) is 0 Å². The van der Waals surface area contributed by atoms with Gasteiger partial charge in [-0.25, -0.2) is 9.78 Å². The summed E-state index contributed by atoms with van der Waals surface area (Å²) in [6, 6.07) is 10.3. The molecular weight excluding hydrogens is 280 g/mol. The number of aryl methyl sites for hydroxylation is 1. The Morgan fingerprint density at radius 1 is 1.36 bits per heavy atom. The summed E-state index contributed by atoms with van der Waals surface area (Å²) in [6.45, 7) is 2.64. The quantitative estimate of drug-likeness (QED) is 0.904. The number of amides is 1. The van der Waals surface area contributed by atoms with E-state index in [0.29, 0.717) is 19.6 Å². The summed E-state index contributed by atoms with van der Waals surface area (Å²) in [6.07, 6.45) is 3.82. The van der Waals surface area contributed by atoms with Crippen molar-refractivity contribution in [2.75, 3.05) is 19.6 Å². The lowest BCUT2D eigenvalue weighted by Gasteiger charge is -2.32. The molecule has 0 radical (unpaired) electrons. The number of carbonyl (C=O) groups is 1. The van der Waals surface area contributed by atoms with Gasteiger partial charge in [0, 0.05) is 50.2 Å². The molecule has 6 heteroatoms. The van der Waals surface area contributed by atoms with E-state index in [1.54, 1.807) is 6.20 Å². The number of benzene rings is 1. The number of nitrogens with zero attached hydrogens (tertiary/aromatic N) is 3. The van der Waals surface area contributed by atoms with E-state index < -0.39 is 6.09 Å². The van der Waals surface area contributed by atoms with E-state index in [0.717, 1.165) is 24.4 Å². The number of carboxylic acid groups (broad SMARTS) is 1. The minimum atomic E-state index is -0.834. The number of nitrogens with one attached hydrogen (secondary N) is 1. The maximum Gasteiger partial charge on any atom is 0.407 e. The van der Waals surface area contributed by atoms with Crippen molar-refractivity contribution in [2.24, 2.45) is 0 Å². The van der Waals surface area contributed by atoms with E-state index in [-0.39, 0.29) is 6.04 Å². The van der Waals surface area contributed by atoms with Gasteiger partial charge in [0.15, 0.2) is 0 Å². The number of rotatable bonds is 4. The van der Waals surface area contributed by atoms with Crippen molar-refractivity contribution in [3.8, 4) is 11.4 Å². The average molecular weight is 300 g/mol. The molecule has 2 aromatic rings. The molecule has 1 aliphatic heterocycles. The third-order valence-corrected chi connectivity index (χ3v) is 3.99. The molecule has 116 valence electrons. The molecule has 0 saturated carbocycles. The molecule has 0 aliphatic carbocycles. The molecule has 1 fully saturated rings. The van der Waals surface area contributed by atoms with E-state index in [2.05, 4.69) is 14.9 Å². The zero-order chi connectivity index (χ0) is 15.4. The summed E-state index contributed by atoms with van der Waals surface area (Å²) >= 11 is 0. The van der Waals surface area contributed by atoms with Crippen LogP contribution in [-0.2, 0) is 6.54 Å². The third kappa shape index (κ3) is 3.28. The topological polar surface area (TPSA) is 70.4 Å². The van der Waals surface area contributed by atoms with Crippen LogP contribution >= 0.6 is 0 Å². The lowest BCUT2D eigenvalue weighted by atomic mass is 10.1. The predicted molar refractivity (Wildman–Crippen MR) is 83.7 cm³/mol. The molecule has 22 heavy (non-hydrogen) atoms. The van der Waals surface area contributed by atoms with Gasteiger partial charge in [-0.1, -0.05) is 30.3 Å². The molecule has 2 heterocycles. The molecule has 1 amide bonds. The molecule has 2 N–H and O–H groups in total. The average Bonchev–Trinajstić information content (AvgIpc) is 3.02. The van der Waals surface area contributed by atoms with Crippen LogP contribution in [0.2, 0.25) is 0 Å². The molecule has 1 saturated heterocycles. The summed E-state index contributed by atoms with van der Waals surface area (Å²) in [7, 11) is 0. The zero-order valence-corrected chi connectivity index (χ0v) is 12.4. The standard InChI is InChI=1S/C16H20N4O2/c21-16(22)20-11-7-17-14(12-20)6-9-19-10-8-18-15(19)13-4-2-1-3-5-13/h1-5,8,10,14,17H,6-7,9,11-12H2,(H,21,22)/t14-/m1/s1. The number of hydrogen-bond acceptors (Lipinski definition) is 3. The molecule has 1 aliphatic rings. The number of aromatic nitrogens is 2. The minimum Gasteiger partial charge on any atom is -0.465 e. The first-order valence-corrected chi connectivity index (χ1v) is 7.52. The first kappa shape index (κ1) is 14.6. The van der Waals surface area contributed by atoms with E-state index >= 15 is 0 Å². The Bertz CT molecular complexity index is 626. The Balaban J connectivity index is 1.63. The monoisotopic (exact) mass is 300 g/mol. The lowest BCUT2D eigenvalue weighted by molar-refractivity contribution is 0.127. The molecule has 1 aromatic carbocycles. The van der Waals surface area contributed by atoms with Crippen molar-refractivity contribution >= 4 is 6.09 Å². The Hall–Kier alpha value is -2.34. The van der Waals surface area contributed by atoms with Crippen molar-refractivity contribution in [1.29, 1.82) is 0 Å². The van der Waals surface area contributed by atoms with Gasteiger partial charge in [0.1, 0.15) is 5.82 Å².